The van der Waals surface area contributed by atoms with E-state index in [1.54, 1.807) is 4.90 Å². The largest absolute Gasteiger partial charge is 0.444 e. The van der Waals surface area contributed by atoms with Gasteiger partial charge in [0.05, 0.1) is 6.04 Å². The lowest BCUT2D eigenvalue weighted by molar-refractivity contribution is -0.145. The van der Waals surface area contributed by atoms with Crippen LogP contribution in [0.5, 0.6) is 0 Å². The first kappa shape index (κ1) is 20.9. The highest BCUT2D eigenvalue weighted by molar-refractivity contribution is 5.87. The summed E-state index contributed by atoms with van der Waals surface area (Å²) in [5.74, 6) is -0.0401. The summed E-state index contributed by atoms with van der Waals surface area (Å²) in [5.41, 5.74) is 1.49. The highest BCUT2D eigenvalue weighted by Gasteiger charge is 2.43. The molecule has 0 aliphatic carbocycles. The first-order chi connectivity index (χ1) is 13.7. The maximum absolute atomic E-state index is 13.4. The van der Waals surface area contributed by atoms with Crippen molar-refractivity contribution in [2.24, 2.45) is 0 Å². The van der Waals surface area contributed by atoms with Gasteiger partial charge in [0.25, 0.3) is 0 Å². The Morgan fingerprint density at radius 1 is 1.00 bits per heavy atom. The van der Waals surface area contributed by atoms with Crippen molar-refractivity contribution in [3.63, 3.8) is 0 Å². The fourth-order valence-electron chi connectivity index (χ4n) is 3.72. The van der Waals surface area contributed by atoms with E-state index < -0.39 is 17.7 Å². The molecule has 1 aliphatic rings. The van der Waals surface area contributed by atoms with Gasteiger partial charge >= 0.3 is 6.09 Å². The number of benzene rings is 2. The minimum Gasteiger partial charge on any atom is -0.444 e. The second-order valence-corrected chi connectivity index (χ2v) is 8.65. The molecule has 154 valence electrons. The first-order valence-electron chi connectivity index (χ1n) is 10.1. The summed E-state index contributed by atoms with van der Waals surface area (Å²) in [5, 5.41) is 0. The van der Waals surface area contributed by atoms with Crippen molar-refractivity contribution in [2.45, 2.75) is 58.3 Å². The van der Waals surface area contributed by atoms with Gasteiger partial charge in [-0.15, -0.1) is 0 Å². The van der Waals surface area contributed by atoms with E-state index in [4.69, 9.17) is 4.74 Å². The number of carbonyl (C=O) groups excluding carboxylic acids is 2. The van der Waals surface area contributed by atoms with Gasteiger partial charge in [0.1, 0.15) is 11.6 Å². The maximum atomic E-state index is 13.4. The lowest BCUT2D eigenvalue weighted by Crippen LogP contribution is -2.63. The van der Waals surface area contributed by atoms with Crippen molar-refractivity contribution in [1.29, 1.82) is 0 Å². The molecule has 5 nitrogen and oxygen atoms in total. The molecule has 0 N–H and O–H groups in total. The topological polar surface area (TPSA) is 49.9 Å². The first-order valence-corrected chi connectivity index (χ1v) is 10.1. The summed E-state index contributed by atoms with van der Waals surface area (Å²) in [7, 11) is 0. The van der Waals surface area contributed by atoms with Crippen LogP contribution in [-0.4, -0.2) is 46.0 Å². The average molecular weight is 395 g/mol. The van der Waals surface area contributed by atoms with Crippen molar-refractivity contribution in [2.75, 3.05) is 6.54 Å². The molecule has 3 rings (SSSR count). The van der Waals surface area contributed by atoms with E-state index in [0.29, 0.717) is 19.5 Å². The molecule has 2 amide bonds. The molecule has 0 saturated carbocycles. The Bertz CT molecular complexity index is 830. The third kappa shape index (κ3) is 5.37. The molecule has 0 unspecified atom stereocenters. The van der Waals surface area contributed by atoms with Crippen LogP contribution in [-0.2, 0) is 22.5 Å². The monoisotopic (exact) mass is 394 g/mol. The molecule has 29 heavy (non-hydrogen) atoms. The summed E-state index contributed by atoms with van der Waals surface area (Å²) in [6.07, 6.45) is 0.0350. The standard InChI is InChI=1S/C24H30N2O3/c1-18-16-25(17-20-13-9-6-10-14-20)22(27)21(15-19-11-7-5-8-12-19)26(18)23(28)29-24(2,3)4/h5-14,18,21H,15-17H2,1-4H3/t18-,21-/m0/s1. The lowest BCUT2D eigenvalue weighted by atomic mass is 9.98. The van der Waals surface area contributed by atoms with Crippen LogP contribution in [0.15, 0.2) is 60.7 Å². The van der Waals surface area contributed by atoms with Crippen LogP contribution in [0.2, 0.25) is 0 Å². The van der Waals surface area contributed by atoms with Crippen molar-refractivity contribution >= 4 is 12.0 Å². The Balaban J connectivity index is 1.87. The second kappa shape index (κ2) is 8.68. The van der Waals surface area contributed by atoms with Crippen LogP contribution < -0.4 is 0 Å². The van der Waals surface area contributed by atoms with Crippen LogP contribution in [0.3, 0.4) is 0 Å². The molecule has 1 heterocycles. The Kier molecular flexibility index (Phi) is 6.26. The van der Waals surface area contributed by atoms with Gasteiger partial charge in [0, 0.05) is 19.5 Å². The van der Waals surface area contributed by atoms with Crippen molar-refractivity contribution in [3.05, 3.63) is 71.8 Å². The zero-order chi connectivity index (χ0) is 21.0. The molecule has 2 aromatic carbocycles. The minimum atomic E-state index is -0.613. The number of amides is 2. The number of ether oxygens (including phenoxy) is 1. The van der Waals surface area contributed by atoms with E-state index in [1.807, 2.05) is 93.3 Å². The van der Waals surface area contributed by atoms with Crippen molar-refractivity contribution in [1.82, 2.24) is 9.80 Å². The smallest absolute Gasteiger partial charge is 0.411 e. The van der Waals surface area contributed by atoms with E-state index in [9.17, 15) is 9.59 Å². The van der Waals surface area contributed by atoms with E-state index >= 15 is 0 Å². The fraction of sp³-hybridized carbons (Fsp3) is 0.417. The Morgan fingerprint density at radius 2 is 1.55 bits per heavy atom. The predicted molar refractivity (Wildman–Crippen MR) is 113 cm³/mol. The van der Waals surface area contributed by atoms with E-state index in [0.717, 1.165) is 11.1 Å². The van der Waals surface area contributed by atoms with E-state index in [2.05, 4.69) is 0 Å². The molecule has 1 saturated heterocycles. The van der Waals surface area contributed by atoms with Crippen molar-refractivity contribution < 1.29 is 14.3 Å². The zero-order valence-corrected chi connectivity index (χ0v) is 17.7. The molecule has 1 aliphatic heterocycles. The molecule has 0 spiro atoms. The summed E-state index contributed by atoms with van der Waals surface area (Å²) < 4.78 is 5.63. The molecule has 0 aromatic heterocycles. The van der Waals surface area contributed by atoms with Gasteiger partial charge in [0.2, 0.25) is 5.91 Å². The SMILES string of the molecule is C[C@H]1CN(Cc2ccccc2)C(=O)[C@H](Cc2ccccc2)N1C(=O)OC(C)(C)C. The molecular formula is C24H30N2O3. The average Bonchev–Trinajstić information content (AvgIpc) is 2.66. The third-order valence-electron chi connectivity index (χ3n) is 4.98. The number of nitrogens with zero attached hydrogens (tertiary/aromatic N) is 2. The fourth-order valence-corrected chi connectivity index (χ4v) is 3.72. The highest BCUT2D eigenvalue weighted by atomic mass is 16.6. The molecule has 2 aromatic rings. The Labute approximate surface area is 173 Å². The van der Waals surface area contributed by atoms with Gasteiger partial charge in [-0.25, -0.2) is 4.79 Å². The number of carbonyl (C=O) groups is 2. The zero-order valence-electron chi connectivity index (χ0n) is 17.7. The predicted octanol–water partition coefficient (Wildman–Crippen LogP) is 4.27. The van der Waals surface area contributed by atoms with Gasteiger partial charge in [-0.1, -0.05) is 60.7 Å². The molecule has 1 fully saturated rings. The van der Waals surface area contributed by atoms with Crippen molar-refractivity contribution in [3.8, 4) is 0 Å². The van der Waals surface area contributed by atoms with Gasteiger partial charge < -0.3 is 9.64 Å². The van der Waals surface area contributed by atoms with Crippen LogP contribution in [0.1, 0.15) is 38.8 Å². The molecule has 0 radical (unpaired) electrons. The van der Waals surface area contributed by atoms with Gasteiger partial charge in [-0.2, -0.15) is 0 Å². The molecule has 5 heteroatoms. The Hall–Kier alpha value is -2.82. The normalized spacial score (nSPS) is 19.9. The van der Waals surface area contributed by atoms with Gasteiger partial charge in [-0.05, 0) is 38.8 Å². The Morgan fingerprint density at radius 3 is 2.10 bits per heavy atom. The van der Waals surface area contributed by atoms with Crippen LogP contribution in [0.25, 0.3) is 0 Å². The molecular weight excluding hydrogens is 364 g/mol. The highest BCUT2D eigenvalue weighted by Crippen LogP contribution is 2.25. The molecule has 0 bridgehead atoms. The van der Waals surface area contributed by atoms with E-state index in [-0.39, 0.29) is 11.9 Å². The lowest BCUT2D eigenvalue weighted by Gasteiger charge is -2.45. The summed E-state index contributed by atoms with van der Waals surface area (Å²) >= 11 is 0. The summed E-state index contributed by atoms with van der Waals surface area (Å²) in [6.45, 7) is 8.53. The minimum absolute atomic E-state index is 0.0401. The third-order valence-corrected chi connectivity index (χ3v) is 4.98. The number of piperazine rings is 1. The van der Waals surface area contributed by atoms with Gasteiger partial charge in [-0.3, -0.25) is 9.69 Å². The number of hydrogen-bond acceptors (Lipinski definition) is 3. The summed E-state index contributed by atoms with van der Waals surface area (Å²) in [4.78, 5) is 29.9. The summed E-state index contributed by atoms with van der Waals surface area (Å²) in [6, 6.07) is 19.0. The molecule has 2 atom stereocenters. The van der Waals surface area contributed by atoms with Gasteiger partial charge in [0.15, 0.2) is 0 Å². The van der Waals surface area contributed by atoms with Crippen LogP contribution >= 0.6 is 0 Å². The van der Waals surface area contributed by atoms with Crippen LogP contribution in [0, 0.1) is 0 Å². The second-order valence-electron chi connectivity index (χ2n) is 8.65. The van der Waals surface area contributed by atoms with Crippen LogP contribution in [0.4, 0.5) is 4.79 Å². The number of hydrogen-bond donors (Lipinski definition) is 0. The quantitative estimate of drug-likeness (QED) is 0.778. The number of rotatable bonds is 4. The van der Waals surface area contributed by atoms with E-state index in [1.165, 1.54) is 0 Å². The maximum Gasteiger partial charge on any atom is 0.411 e.